The van der Waals surface area contributed by atoms with Crippen LogP contribution in [0, 0.1) is 19.1 Å². The average Bonchev–Trinajstić information content (AvgIpc) is 2.77. The van der Waals surface area contributed by atoms with Gasteiger partial charge in [0, 0.05) is 27.5 Å². The quantitative estimate of drug-likeness (QED) is 0.212. The fraction of sp³-hybridized carbons (Fsp3) is 0.0769. The first-order chi connectivity index (χ1) is 15.7. The Morgan fingerprint density at radius 3 is 2.24 bits per heavy atom. The van der Waals surface area contributed by atoms with Crippen molar-refractivity contribution in [3.63, 3.8) is 0 Å². The van der Waals surface area contributed by atoms with Gasteiger partial charge in [-0.1, -0.05) is 57.3 Å². The molecule has 0 unspecified atom stereocenters. The predicted octanol–water partition coefficient (Wildman–Crippen LogP) is 7.71. The number of rotatable bonds is 4. The monoisotopic (exact) mass is 541 g/mol. The summed E-state index contributed by atoms with van der Waals surface area (Å²) in [6.07, 6.45) is 0. The summed E-state index contributed by atoms with van der Waals surface area (Å²) in [4.78, 5) is 11.7. The Bertz CT molecular complexity index is 1400. The molecule has 1 aromatic heterocycles. The van der Waals surface area contributed by atoms with Crippen LogP contribution in [-0.4, -0.2) is 11.1 Å². The molecule has 0 amide bonds. The maximum Gasteiger partial charge on any atom is 0.335 e. The van der Waals surface area contributed by atoms with Crippen LogP contribution in [0.4, 0.5) is 0 Å². The third kappa shape index (κ3) is 4.36. The second-order valence-electron chi connectivity index (χ2n) is 7.61. The molecule has 0 aliphatic carbocycles. The lowest BCUT2D eigenvalue weighted by molar-refractivity contribution is -0.599. The van der Waals surface area contributed by atoms with Gasteiger partial charge in [0.25, 0.3) is 0 Å². The molecule has 0 bridgehead atoms. The molecule has 0 spiro atoms. The predicted molar refractivity (Wildman–Crippen MR) is 136 cm³/mol. The van der Waals surface area contributed by atoms with Crippen LogP contribution in [0.25, 0.3) is 33.5 Å². The molecule has 4 nitrogen and oxygen atoms in total. The van der Waals surface area contributed by atoms with Crippen molar-refractivity contribution in [1.29, 1.82) is 0 Å². The SMILES string of the molecule is Cc1c(C(=O)O)cccc1-c1cc(-c2ccc(Cl)cc2Cl)c(-c2ccc(Br)cc2)[n+]([O-])c1C. The number of pyridine rings is 1. The molecule has 3 aromatic carbocycles. The van der Waals surface area contributed by atoms with E-state index in [-0.39, 0.29) is 5.56 Å². The first kappa shape index (κ1) is 23.3. The third-order valence-corrected chi connectivity index (χ3v) is 6.71. The Balaban J connectivity index is 2.09. The van der Waals surface area contributed by atoms with Gasteiger partial charge < -0.3 is 10.3 Å². The van der Waals surface area contributed by atoms with Gasteiger partial charge in [0.1, 0.15) is 0 Å². The Morgan fingerprint density at radius 2 is 1.61 bits per heavy atom. The highest BCUT2D eigenvalue weighted by atomic mass is 79.9. The number of carboxylic acids is 1. The highest BCUT2D eigenvalue weighted by Crippen LogP contribution is 2.39. The smallest absolute Gasteiger partial charge is 0.335 e. The van der Waals surface area contributed by atoms with Gasteiger partial charge in [-0.25, -0.2) is 4.79 Å². The van der Waals surface area contributed by atoms with Crippen LogP contribution in [-0.2, 0) is 0 Å². The Kier molecular flexibility index (Phi) is 6.48. The van der Waals surface area contributed by atoms with E-state index in [2.05, 4.69) is 15.9 Å². The average molecular weight is 543 g/mol. The van der Waals surface area contributed by atoms with Crippen molar-refractivity contribution in [3.8, 4) is 33.5 Å². The first-order valence-electron chi connectivity index (χ1n) is 10.0. The van der Waals surface area contributed by atoms with E-state index >= 15 is 0 Å². The van der Waals surface area contributed by atoms with Crippen LogP contribution in [0.1, 0.15) is 21.6 Å². The molecule has 7 heteroatoms. The maximum atomic E-state index is 13.7. The molecule has 0 aliphatic heterocycles. The van der Waals surface area contributed by atoms with E-state index in [0.717, 1.165) is 14.8 Å². The molecule has 1 N–H and O–H groups in total. The molecule has 0 atom stereocenters. The summed E-state index contributed by atoms with van der Waals surface area (Å²) in [5.74, 6) is -1.02. The minimum Gasteiger partial charge on any atom is -0.618 e. The first-order valence-corrected chi connectivity index (χ1v) is 11.6. The van der Waals surface area contributed by atoms with Crippen LogP contribution in [0.15, 0.2) is 71.2 Å². The molecule has 166 valence electrons. The summed E-state index contributed by atoms with van der Waals surface area (Å²) in [7, 11) is 0. The normalized spacial score (nSPS) is 10.9. The number of nitrogens with zero attached hydrogens (tertiary/aromatic N) is 1. The Morgan fingerprint density at radius 1 is 0.909 bits per heavy atom. The molecular formula is C26H18BrCl2NO3. The van der Waals surface area contributed by atoms with E-state index < -0.39 is 5.97 Å². The van der Waals surface area contributed by atoms with E-state index in [1.54, 1.807) is 44.2 Å². The molecular weight excluding hydrogens is 525 g/mol. The van der Waals surface area contributed by atoms with E-state index in [1.165, 1.54) is 0 Å². The zero-order valence-corrected chi connectivity index (χ0v) is 20.8. The summed E-state index contributed by atoms with van der Waals surface area (Å²) in [5, 5.41) is 24.1. The highest BCUT2D eigenvalue weighted by molar-refractivity contribution is 9.10. The Hall–Kier alpha value is -2.86. The standard InChI is InChI=1S/C26H18BrCl2NO3/c1-14-19(4-3-5-20(14)26(31)32)22-13-23(21-11-10-18(28)12-24(21)29)25(30(33)15(22)2)16-6-8-17(27)9-7-16/h3-13H,1-2H3,(H,31,32). The fourth-order valence-corrected chi connectivity index (χ4v) is 4.70. The van der Waals surface area contributed by atoms with Crippen molar-refractivity contribution in [2.24, 2.45) is 0 Å². The van der Waals surface area contributed by atoms with E-state index in [9.17, 15) is 15.1 Å². The fourth-order valence-electron chi connectivity index (χ4n) is 3.93. The summed E-state index contributed by atoms with van der Waals surface area (Å²) < 4.78 is 1.77. The summed E-state index contributed by atoms with van der Waals surface area (Å²) >= 11 is 16.1. The highest BCUT2D eigenvalue weighted by Gasteiger charge is 2.26. The largest absolute Gasteiger partial charge is 0.618 e. The minimum atomic E-state index is -1.02. The molecule has 4 rings (SSSR count). The Labute approximate surface area is 209 Å². The molecule has 0 fully saturated rings. The summed E-state index contributed by atoms with van der Waals surface area (Å²) in [5.41, 5.74) is 4.96. The molecule has 0 aliphatic rings. The number of aromatic carboxylic acids is 1. The van der Waals surface area contributed by atoms with Gasteiger partial charge in [-0.3, -0.25) is 0 Å². The van der Waals surface area contributed by atoms with Crippen LogP contribution >= 0.6 is 39.1 Å². The summed E-state index contributed by atoms with van der Waals surface area (Å²) in [6, 6.07) is 19.5. The van der Waals surface area contributed by atoms with Gasteiger partial charge in [0.15, 0.2) is 5.69 Å². The molecule has 0 radical (unpaired) electrons. The van der Waals surface area contributed by atoms with E-state index in [1.807, 2.05) is 36.4 Å². The molecule has 1 heterocycles. The van der Waals surface area contributed by atoms with Gasteiger partial charge in [0.2, 0.25) is 5.69 Å². The van der Waals surface area contributed by atoms with Crippen LogP contribution < -0.4 is 4.73 Å². The third-order valence-electron chi connectivity index (χ3n) is 5.63. The lowest BCUT2D eigenvalue weighted by atomic mass is 9.91. The van der Waals surface area contributed by atoms with Crippen molar-refractivity contribution in [2.75, 3.05) is 0 Å². The van der Waals surface area contributed by atoms with Crippen molar-refractivity contribution >= 4 is 45.1 Å². The van der Waals surface area contributed by atoms with Gasteiger partial charge in [-0.15, -0.1) is 0 Å². The number of hydrogen-bond donors (Lipinski definition) is 1. The lowest BCUT2D eigenvalue weighted by Crippen LogP contribution is -2.34. The number of carboxylic acid groups (broad SMARTS) is 1. The zero-order chi connectivity index (χ0) is 23.9. The second kappa shape index (κ2) is 9.18. The van der Waals surface area contributed by atoms with Crippen LogP contribution in [0.3, 0.4) is 0 Å². The number of benzene rings is 3. The maximum absolute atomic E-state index is 13.7. The zero-order valence-electron chi connectivity index (χ0n) is 17.7. The van der Waals surface area contributed by atoms with E-state index in [0.29, 0.717) is 49.3 Å². The number of aromatic nitrogens is 1. The van der Waals surface area contributed by atoms with Crippen molar-refractivity contribution in [2.45, 2.75) is 13.8 Å². The van der Waals surface area contributed by atoms with Gasteiger partial charge in [-0.2, -0.15) is 4.73 Å². The number of carbonyl (C=O) groups is 1. The second-order valence-corrected chi connectivity index (χ2v) is 9.37. The number of hydrogen-bond acceptors (Lipinski definition) is 2. The van der Waals surface area contributed by atoms with Crippen LogP contribution in [0.5, 0.6) is 0 Å². The van der Waals surface area contributed by atoms with Gasteiger partial charge >= 0.3 is 5.97 Å². The van der Waals surface area contributed by atoms with Crippen molar-refractivity contribution in [3.05, 3.63) is 103 Å². The lowest BCUT2D eigenvalue weighted by Gasteiger charge is -2.18. The molecule has 0 saturated heterocycles. The minimum absolute atomic E-state index is 0.187. The topological polar surface area (TPSA) is 64.2 Å². The van der Waals surface area contributed by atoms with Gasteiger partial charge in [0.05, 0.1) is 21.7 Å². The van der Waals surface area contributed by atoms with Crippen molar-refractivity contribution in [1.82, 2.24) is 0 Å². The molecule has 0 saturated carbocycles. The van der Waals surface area contributed by atoms with Crippen molar-refractivity contribution < 1.29 is 14.6 Å². The van der Waals surface area contributed by atoms with E-state index in [4.69, 9.17) is 23.2 Å². The van der Waals surface area contributed by atoms with Crippen LogP contribution in [0.2, 0.25) is 10.0 Å². The molecule has 33 heavy (non-hydrogen) atoms. The number of halogens is 3. The van der Waals surface area contributed by atoms with Gasteiger partial charge in [-0.05, 0) is 66.6 Å². The summed E-state index contributed by atoms with van der Waals surface area (Å²) in [6.45, 7) is 3.47. The molecule has 4 aromatic rings.